The van der Waals surface area contributed by atoms with Crippen LogP contribution in [0.15, 0.2) is 42.6 Å². The highest BCUT2D eigenvalue weighted by atomic mass is 16.7. The van der Waals surface area contributed by atoms with E-state index >= 15 is 0 Å². The predicted octanol–water partition coefficient (Wildman–Crippen LogP) is 6.29. The summed E-state index contributed by atoms with van der Waals surface area (Å²) in [6.45, 7) is 17.1. The number of esters is 1. The van der Waals surface area contributed by atoms with Crippen LogP contribution in [0.1, 0.15) is 84.0 Å². The Balaban J connectivity index is 1.59. The van der Waals surface area contributed by atoms with Gasteiger partial charge in [0.25, 0.3) is 0 Å². The van der Waals surface area contributed by atoms with Crippen molar-refractivity contribution in [2.45, 2.75) is 98.5 Å². The van der Waals surface area contributed by atoms with Crippen LogP contribution < -0.4 is 10.2 Å². The van der Waals surface area contributed by atoms with Gasteiger partial charge >= 0.3 is 13.1 Å². The van der Waals surface area contributed by atoms with E-state index in [2.05, 4.69) is 95.6 Å². The molecule has 1 fully saturated rings. The van der Waals surface area contributed by atoms with Crippen molar-refractivity contribution in [1.82, 2.24) is 4.57 Å². The van der Waals surface area contributed by atoms with Gasteiger partial charge in [-0.25, -0.2) is 0 Å². The van der Waals surface area contributed by atoms with Gasteiger partial charge in [-0.1, -0.05) is 18.2 Å². The van der Waals surface area contributed by atoms with E-state index in [-0.39, 0.29) is 5.97 Å². The Morgan fingerprint density at radius 2 is 1.74 bits per heavy atom. The molecule has 4 rings (SSSR count). The van der Waals surface area contributed by atoms with E-state index in [1.54, 1.807) is 0 Å². The molecule has 1 aliphatic rings. The van der Waals surface area contributed by atoms with E-state index in [0.717, 1.165) is 58.1 Å². The minimum Gasteiger partial charge on any atom is -0.489 e. The zero-order chi connectivity index (χ0) is 27.7. The molecule has 1 aromatic heterocycles. The number of carbonyl (C=O) groups excluding carboxylic acids is 1. The van der Waals surface area contributed by atoms with Crippen molar-refractivity contribution in [1.29, 1.82) is 0 Å². The van der Waals surface area contributed by atoms with Crippen LogP contribution in [-0.2, 0) is 31.9 Å². The minimum atomic E-state index is -0.447. The molecule has 0 bridgehead atoms. The first kappa shape index (κ1) is 28.2. The van der Waals surface area contributed by atoms with Gasteiger partial charge in [0.1, 0.15) is 12.4 Å². The first-order chi connectivity index (χ1) is 17.9. The lowest BCUT2D eigenvalue weighted by Gasteiger charge is -2.32. The summed E-state index contributed by atoms with van der Waals surface area (Å²) in [6.07, 6.45) is 4.76. The van der Waals surface area contributed by atoms with Crippen LogP contribution in [0.5, 0.6) is 5.75 Å². The predicted molar refractivity (Wildman–Crippen MR) is 153 cm³/mol. The molecule has 0 unspecified atom stereocenters. The summed E-state index contributed by atoms with van der Waals surface area (Å²) >= 11 is 0. The van der Waals surface area contributed by atoms with Crippen molar-refractivity contribution >= 4 is 29.5 Å². The van der Waals surface area contributed by atoms with Gasteiger partial charge in [-0.3, -0.25) is 4.79 Å². The van der Waals surface area contributed by atoms with Crippen LogP contribution in [0.2, 0.25) is 0 Å². The summed E-state index contributed by atoms with van der Waals surface area (Å²) < 4.78 is 26.7. The van der Waals surface area contributed by atoms with Gasteiger partial charge < -0.3 is 23.3 Å². The summed E-state index contributed by atoms with van der Waals surface area (Å²) in [6, 6.07) is 13.2. The smallest absolute Gasteiger partial charge is 0.489 e. The first-order valence-electron chi connectivity index (χ1n) is 13.7. The molecule has 2 heterocycles. The van der Waals surface area contributed by atoms with Gasteiger partial charge in [0, 0.05) is 24.7 Å². The van der Waals surface area contributed by atoms with Crippen molar-refractivity contribution in [2.75, 3.05) is 6.61 Å². The van der Waals surface area contributed by atoms with Crippen LogP contribution in [0.25, 0.3) is 10.9 Å². The topological polar surface area (TPSA) is 58.9 Å². The van der Waals surface area contributed by atoms with Crippen LogP contribution >= 0.6 is 0 Å². The van der Waals surface area contributed by atoms with Crippen LogP contribution in [-0.4, -0.2) is 35.5 Å². The molecule has 7 heteroatoms. The lowest BCUT2D eigenvalue weighted by atomic mass is 9.76. The third kappa shape index (κ3) is 6.10. The van der Waals surface area contributed by atoms with Crippen molar-refractivity contribution in [2.24, 2.45) is 0 Å². The van der Waals surface area contributed by atoms with E-state index in [1.807, 2.05) is 0 Å². The third-order valence-electron chi connectivity index (χ3n) is 7.76. The molecule has 2 aromatic carbocycles. The molecule has 0 radical (unpaired) electrons. The summed E-state index contributed by atoms with van der Waals surface area (Å²) in [5, 5.41) is 1.14. The number of rotatable bonds is 10. The second-order valence-electron chi connectivity index (χ2n) is 11.7. The zero-order valence-corrected chi connectivity index (χ0v) is 24.2. The Bertz CT molecular complexity index is 1280. The number of aromatic nitrogens is 1. The van der Waals surface area contributed by atoms with Crippen LogP contribution in [0.4, 0.5) is 0 Å². The molecular weight excluding hydrogens is 477 g/mol. The SMILES string of the molecule is CC(=O)OCCCCc1ccc(C)cc1OCc1cc(B2OC(C)(C)C(C)(C)O2)c2ccn(C(C)C)c2c1. The lowest BCUT2D eigenvalue weighted by molar-refractivity contribution is -0.141. The first-order valence-corrected chi connectivity index (χ1v) is 13.7. The average Bonchev–Trinajstić information content (AvgIpc) is 3.35. The van der Waals surface area contributed by atoms with Gasteiger partial charge in [-0.15, -0.1) is 0 Å². The van der Waals surface area contributed by atoms with Crippen molar-refractivity contribution in [3.8, 4) is 5.75 Å². The second kappa shape index (κ2) is 11.2. The number of hydrogen-bond donors (Lipinski definition) is 0. The van der Waals surface area contributed by atoms with Crippen LogP contribution in [0, 0.1) is 6.92 Å². The van der Waals surface area contributed by atoms with E-state index in [9.17, 15) is 4.79 Å². The monoisotopic (exact) mass is 519 g/mol. The second-order valence-corrected chi connectivity index (χ2v) is 11.7. The average molecular weight is 519 g/mol. The van der Waals surface area contributed by atoms with Gasteiger partial charge in [-0.2, -0.15) is 0 Å². The molecular formula is C31H42BNO5. The molecule has 1 aliphatic heterocycles. The molecule has 0 spiro atoms. The molecule has 0 N–H and O–H groups in total. The summed E-state index contributed by atoms with van der Waals surface area (Å²) in [4.78, 5) is 11.0. The molecule has 204 valence electrons. The zero-order valence-electron chi connectivity index (χ0n) is 24.2. The van der Waals surface area contributed by atoms with Gasteiger partial charge in [0.2, 0.25) is 0 Å². The minimum absolute atomic E-state index is 0.232. The summed E-state index contributed by atoms with van der Waals surface area (Å²) in [5.74, 6) is 0.666. The number of aryl methyl sites for hydroxylation is 2. The Labute approximate surface area is 227 Å². The third-order valence-corrected chi connectivity index (χ3v) is 7.76. The molecule has 0 saturated carbocycles. The summed E-state index contributed by atoms with van der Waals surface area (Å²) in [5.41, 5.74) is 4.76. The normalized spacial score (nSPS) is 16.4. The molecule has 6 nitrogen and oxygen atoms in total. The quantitative estimate of drug-likeness (QED) is 0.179. The Morgan fingerprint density at radius 1 is 1.03 bits per heavy atom. The van der Waals surface area contributed by atoms with Crippen LogP contribution in [0.3, 0.4) is 0 Å². The molecule has 1 saturated heterocycles. The highest BCUT2D eigenvalue weighted by Crippen LogP contribution is 2.37. The number of unbranched alkanes of at least 4 members (excludes halogenated alkanes) is 1. The Morgan fingerprint density at radius 3 is 2.39 bits per heavy atom. The molecule has 0 amide bonds. The molecule has 0 atom stereocenters. The number of ether oxygens (including phenoxy) is 2. The van der Waals surface area contributed by atoms with E-state index in [4.69, 9.17) is 18.8 Å². The standard InChI is InChI=1S/C31H42BNO5/c1-21(2)33-15-14-26-27(32-37-30(5,6)31(7,8)38-32)18-24(19-28(26)33)20-36-29-17-22(3)12-13-25(29)11-9-10-16-35-23(4)34/h12-15,17-19,21H,9-11,16,20H2,1-8H3. The molecule has 0 aliphatic carbocycles. The van der Waals surface area contributed by atoms with Gasteiger partial charge in [0.15, 0.2) is 0 Å². The highest BCUT2D eigenvalue weighted by Gasteiger charge is 2.52. The van der Waals surface area contributed by atoms with Gasteiger partial charge in [-0.05, 0) is 113 Å². The number of carbonyl (C=O) groups is 1. The van der Waals surface area contributed by atoms with Crippen molar-refractivity contribution < 1.29 is 23.6 Å². The van der Waals surface area contributed by atoms with E-state index < -0.39 is 18.3 Å². The van der Waals surface area contributed by atoms with Crippen molar-refractivity contribution in [3.05, 3.63) is 59.3 Å². The summed E-state index contributed by atoms with van der Waals surface area (Å²) in [7, 11) is -0.447. The van der Waals surface area contributed by atoms with E-state index in [0.29, 0.717) is 19.3 Å². The molecule has 38 heavy (non-hydrogen) atoms. The fourth-order valence-electron chi connectivity index (χ4n) is 4.85. The fraction of sp³-hybridized carbons (Fsp3) is 0.516. The fourth-order valence-corrected chi connectivity index (χ4v) is 4.85. The number of benzene rings is 2. The van der Waals surface area contributed by atoms with E-state index in [1.165, 1.54) is 6.92 Å². The number of nitrogens with zero attached hydrogens (tertiary/aromatic N) is 1. The van der Waals surface area contributed by atoms with Gasteiger partial charge in [0.05, 0.1) is 17.8 Å². The Kier molecular flexibility index (Phi) is 8.29. The Hall–Kier alpha value is -2.77. The largest absolute Gasteiger partial charge is 0.495 e. The lowest BCUT2D eigenvalue weighted by Crippen LogP contribution is -2.41. The maximum atomic E-state index is 11.0. The number of fused-ring (bicyclic) bond motifs is 1. The number of hydrogen-bond acceptors (Lipinski definition) is 5. The maximum absolute atomic E-state index is 11.0. The molecule has 3 aromatic rings. The van der Waals surface area contributed by atoms with Crippen molar-refractivity contribution in [3.63, 3.8) is 0 Å². The maximum Gasteiger partial charge on any atom is 0.495 e. The highest BCUT2D eigenvalue weighted by molar-refractivity contribution is 6.65.